The number of benzene rings is 2. The summed E-state index contributed by atoms with van der Waals surface area (Å²) in [5.74, 6) is -2.19. The first-order chi connectivity index (χ1) is 17.6. The van der Waals surface area contributed by atoms with E-state index in [9.17, 15) is 19.2 Å². The first-order valence-corrected chi connectivity index (χ1v) is 12.5. The molecular weight excluding hydrogens is 531 g/mol. The van der Waals surface area contributed by atoms with Gasteiger partial charge in [-0.05, 0) is 76.9 Å². The number of aromatic nitrogens is 1. The molecule has 2 heterocycles. The average Bonchev–Trinajstić information content (AvgIpc) is 3.25. The molecule has 0 aliphatic carbocycles. The fourth-order valence-electron chi connectivity index (χ4n) is 4.03. The lowest BCUT2D eigenvalue weighted by atomic mass is 9.99. The smallest absolute Gasteiger partial charge is 0.422 e. The van der Waals surface area contributed by atoms with Crippen molar-refractivity contribution in [2.24, 2.45) is 0 Å². The number of hydrogen-bond acceptors (Lipinski definition) is 6. The summed E-state index contributed by atoms with van der Waals surface area (Å²) in [6.07, 6.45) is -1.94. The molecule has 10 heteroatoms. The molecule has 0 N–H and O–H groups in total. The van der Waals surface area contributed by atoms with Crippen LogP contribution < -0.4 is 4.90 Å². The molecule has 8 nitrogen and oxygen atoms in total. The van der Waals surface area contributed by atoms with Crippen molar-refractivity contribution in [2.45, 2.75) is 52.7 Å². The van der Waals surface area contributed by atoms with Gasteiger partial charge in [0.15, 0.2) is 0 Å². The Kier molecular flexibility index (Phi) is 6.93. The van der Waals surface area contributed by atoms with Gasteiger partial charge in [-0.1, -0.05) is 47.5 Å². The van der Waals surface area contributed by atoms with E-state index >= 15 is 0 Å². The molecule has 0 fully saturated rings. The van der Waals surface area contributed by atoms with E-state index in [0.717, 1.165) is 4.57 Å². The van der Waals surface area contributed by atoms with Crippen LogP contribution >= 0.6 is 23.2 Å². The molecule has 2 amide bonds. The lowest BCUT2D eigenvalue weighted by Crippen LogP contribution is -2.40. The largest absolute Gasteiger partial charge is 0.443 e. The van der Waals surface area contributed by atoms with Gasteiger partial charge in [0.2, 0.25) is 0 Å². The number of imide groups is 1. The molecule has 0 saturated carbocycles. The maximum absolute atomic E-state index is 13.6. The van der Waals surface area contributed by atoms with Crippen LogP contribution in [0.2, 0.25) is 10.0 Å². The Morgan fingerprint density at radius 3 is 1.61 bits per heavy atom. The Balaban J connectivity index is 2.13. The zero-order chi connectivity index (χ0) is 28.2. The summed E-state index contributed by atoms with van der Waals surface area (Å²) in [5.41, 5.74) is -0.776. The van der Waals surface area contributed by atoms with Gasteiger partial charge >= 0.3 is 18.1 Å². The van der Waals surface area contributed by atoms with Crippen molar-refractivity contribution in [1.29, 1.82) is 0 Å². The second kappa shape index (κ2) is 9.60. The van der Waals surface area contributed by atoms with Crippen LogP contribution in [-0.2, 0) is 14.3 Å². The van der Waals surface area contributed by atoms with Gasteiger partial charge in [-0.25, -0.2) is 19.1 Å². The highest BCUT2D eigenvalue weighted by molar-refractivity contribution is 6.57. The number of hydrogen-bond donors (Lipinski definition) is 0. The van der Waals surface area contributed by atoms with Crippen LogP contribution in [0.1, 0.15) is 52.0 Å². The number of halogens is 2. The Morgan fingerprint density at radius 2 is 1.13 bits per heavy atom. The van der Waals surface area contributed by atoms with Gasteiger partial charge < -0.3 is 9.47 Å². The standard InChI is InChI=1S/C28H26Cl2N2O6/c1-27(2,3)37-25(35)31-20(16-9-13-18(30)14-10-16)19(15-7-11-17(29)12-8-15)21-22(31)23(33)24(34)32(21)26(36)38-28(4,5)6/h7-14H,1-6H3. The fraction of sp³-hybridized carbons (Fsp3) is 0.286. The van der Waals surface area contributed by atoms with Gasteiger partial charge in [0.1, 0.15) is 16.9 Å². The highest BCUT2D eigenvalue weighted by atomic mass is 35.5. The SMILES string of the molecule is CC(C)(C)OC(=O)N1C(=O)C(=O)c2c1c(-c1ccc(Cl)cc1)c(-c1ccc(Cl)cc1)n2C(=O)OC(C)(C)C. The second-order valence-corrected chi connectivity index (χ2v) is 11.6. The topological polar surface area (TPSA) is 94.9 Å². The third-order valence-electron chi connectivity index (χ3n) is 5.38. The van der Waals surface area contributed by atoms with Gasteiger partial charge in [0.05, 0.1) is 11.4 Å². The van der Waals surface area contributed by atoms with E-state index < -0.39 is 35.1 Å². The minimum Gasteiger partial charge on any atom is -0.443 e. The summed E-state index contributed by atoms with van der Waals surface area (Å²) >= 11 is 12.3. The summed E-state index contributed by atoms with van der Waals surface area (Å²) in [7, 11) is 0. The number of fused-ring (bicyclic) bond motifs is 1. The molecule has 2 aromatic carbocycles. The number of carbonyl (C=O) groups excluding carboxylic acids is 4. The summed E-state index contributed by atoms with van der Waals surface area (Å²) < 4.78 is 12.2. The first kappa shape index (κ1) is 27.4. The number of amides is 2. The van der Waals surface area contributed by atoms with Crippen molar-refractivity contribution in [3.8, 4) is 22.4 Å². The Hall–Kier alpha value is -3.62. The minimum absolute atomic E-state index is 0.0765. The van der Waals surface area contributed by atoms with Crippen molar-refractivity contribution in [1.82, 2.24) is 4.57 Å². The number of ketones is 1. The van der Waals surface area contributed by atoms with Gasteiger partial charge in [0, 0.05) is 15.6 Å². The highest BCUT2D eigenvalue weighted by Gasteiger charge is 2.49. The van der Waals surface area contributed by atoms with Crippen LogP contribution in [0.5, 0.6) is 0 Å². The quantitative estimate of drug-likeness (QED) is 0.305. The van der Waals surface area contributed by atoms with Crippen LogP contribution in [0.15, 0.2) is 48.5 Å². The molecule has 0 unspecified atom stereocenters. The van der Waals surface area contributed by atoms with E-state index in [1.54, 1.807) is 90.1 Å². The van der Waals surface area contributed by atoms with Crippen LogP contribution in [0, 0.1) is 0 Å². The molecular formula is C28H26Cl2N2O6. The van der Waals surface area contributed by atoms with Crippen LogP contribution in [0.3, 0.4) is 0 Å². The summed E-state index contributed by atoms with van der Waals surface area (Å²) in [6.45, 7) is 9.95. The molecule has 0 bridgehead atoms. The third kappa shape index (κ3) is 5.19. The highest BCUT2D eigenvalue weighted by Crippen LogP contribution is 2.48. The maximum atomic E-state index is 13.6. The van der Waals surface area contributed by atoms with Crippen molar-refractivity contribution in [2.75, 3.05) is 4.90 Å². The molecule has 1 aliphatic rings. The van der Waals surface area contributed by atoms with E-state index in [4.69, 9.17) is 32.7 Å². The fourth-order valence-corrected chi connectivity index (χ4v) is 4.29. The first-order valence-electron chi connectivity index (χ1n) is 11.7. The molecule has 4 rings (SSSR count). The maximum Gasteiger partial charge on any atom is 0.422 e. The number of anilines is 1. The number of Topliss-reactive ketones (excluding diaryl/α,β-unsaturated/α-hetero) is 1. The molecule has 0 atom stereocenters. The Labute approximate surface area is 230 Å². The molecule has 198 valence electrons. The van der Waals surface area contributed by atoms with Crippen molar-refractivity contribution < 1.29 is 28.7 Å². The summed E-state index contributed by atoms with van der Waals surface area (Å²) in [5, 5.41) is 0.896. The van der Waals surface area contributed by atoms with Gasteiger partial charge in [-0.3, -0.25) is 9.59 Å². The second-order valence-electron chi connectivity index (χ2n) is 10.7. The minimum atomic E-state index is -1.14. The summed E-state index contributed by atoms with van der Waals surface area (Å²) in [4.78, 5) is 54.2. The number of nitrogens with zero attached hydrogens (tertiary/aromatic N) is 2. The van der Waals surface area contributed by atoms with Gasteiger partial charge in [-0.15, -0.1) is 0 Å². The van der Waals surface area contributed by atoms with Crippen LogP contribution in [0.4, 0.5) is 15.3 Å². The predicted molar refractivity (Wildman–Crippen MR) is 145 cm³/mol. The summed E-state index contributed by atoms with van der Waals surface area (Å²) in [6, 6.07) is 13.1. The molecule has 0 radical (unpaired) electrons. The van der Waals surface area contributed by atoms with E-state index in [1.165, 1.54) is 0 Å². The predicted octanol–water partition coefficient (Wildman–Crippen LogP) is 7.38. The average molecular weight is 557 g/mol. The Morgan fingerprint density at radius 1 is 0.684 bits per heavy atom. The number of ether oxygens (including phenoxy) is 2. The van der Waals surface area contributed by atoms with Gasteiger partial charge in [-0.2, -0.15) is 0 Å². The molecule has 1 aromatic heterocycles. The zero-order valence-corrected chi connectivity index (χ0v) is 23.2. The third-order valence-corrected chi connectivity index (χ3v) is 5.89. The number of carbonyl (C=O) groups is 4. The van der Waals surface area contributed by atoms with Crippen molar-refractivity contribution >= 4 is 52.8 Å². The zero-order valence-electron chi connectivity index (χ0n) is 21.7. The van der Waals surface area contributed by atoms with E-state index in [1.807, 2.05) is 0 Å². The molecule has 1 aliphatic heterocycles. The van der Waals surface area contributed by atoms with Crippen LogP contribution in [-0.4, -0.2) is 39.6 Å². The van der Waals surface area contributed by atoms with E-state index in [2.05, 4.69) is 0 Å². The molecule has 0 saturated heterocycles. The van der Waals surface area contributed by atoms with Crippen LogP contribution in [0.25, 0.3) is 22.4 Å². The van der Waals surface area contributed by atoms with E-state index in [-0.39, 0.29) is 22.6 Å². The molecule has 3 aromatic rings. The number of rotatable bonds is 2. The normalized spacial score (nSPS) is 13.5. The molecule has 38 heavy (non-hydrogen) atoms. The van der Waals surface area contributed by atoms with Gasteiger partial charge in [0.25, 0.3) is 5.78 Å². The molecule has 0 spiro atoms. The lowest BCUT2D eigenvalue weighted by Gasteiger charge is -2.24. The monoisotopic (exact) mass is 556 g/mol. The van der Waals surface area contributed by atoms with E-state index in [0.29, 0.717) is 26.1 Å². The Bertz CT molecular complexity index is 1460. The van der Waals surface area contributed by atoms with Crippen molar-refractivity contribution in [3.63, 3.8) is 0 Å². The van der Waals surface area contributed by atoms with Crippen molar-refractivity contribution in [3.05, 3.63) is 64.3 Å². The lowest BCUT2D eigenvalue weighted by molar-refractivity contribution is -0.114.